The summed E-state index contributed by atoms with van der Waals surface area (Å²) in [6.07, 6.45) is 2.05. The molecule has 1 amide bonds. The second-order valence-corrected chi connectivity index (χ2v) is 7.83. The number of carbonyl (C=O) groups excluding carboxylic acids is 2. The number of rotatable bonds is 4. The lowest BCUT2D eigenvalue weighted by Gasteiger charge is -2.31. The molecule has 8 nitrogen and oxygen atoms in total. The van der Waals surface area contributed by atoms with Crippen molar-refractivity contribution < 1.29 is 18.0 Å². The zero-order valence-corrected chi connectivity index (χ0v) is 13.3. The van der Waals surface area contributed by atoms with Gasteiger partial charge in [-0.2, -0.15) is 4.31 Å². The van der Waals surface area contributed by atoms with Gasteiger partial charge in [-0.05, 0) is 19.8 Å². The van der Waals surface area contributed by atoms with Crippen LogP contribution in [0, 0.1) is 0 Å². The Morgan fingerprint density at radius 2 is 2.00 bits per heavy atom. The van der Waals surface area contributed by atoms with Gasteiger partial charge in [-0.15, -0.1) is 10.2 Å². The van der Waals surface area contributed by atoms with E-state index >= 15 is 0 Å². The van der Waals surface area contributed by atoms with Gasteiger partial charge in [0.1, 0.15) is 5.78 Å². The van der Waals surface area contributed by atoms with Gasteiger partial charge in [0.25, 0.3) is 10.0 Å². The minimum absolute atomic E-state index is 0.123. The molecular weight excluding hydrogens is 316 g/mol. The van der Waals surface area contributed by atoms with Gasteiger partial charge in [-0.1, -0.05) is 17.8 Å². The second-order valence-electron chi connectivity index (χ2n) is 4.79. The summed E-state index contributed by atoms with van der Waals surface area (Å²) in [5.74, 6) is -0.528. The van der Waals surface area contributed by atoms with Crippen molar-refractivity contribution in [2.45, 2.75) is 43.5 Å². The predicted octanol–water partition coefficient (Wildman–Crippen LogP) is 0.629. The van der Waals surface area contributed by atoms with E-state index in [0.29, 0.717) is 19.4 Å². The van der Waals surface area contributed by atoms with Crippen molar-refractivity contribution in [2.75, 3.05) is 11.9 Å². The fourth-order valence-electron chi connectivity index (χ4n) is 2.21. The third kappa shape index (κ3) is 3.44. The number of carbonyl (C=O) groups is 2. The van der Waals surface area contributed by atoms with E-state index in [1.807, 2.05) is 0 Å². The first kappa shape index (κ1) is 16.0. The Bertz CT molecular complexity index is 655. The molecule has 1 aromatic heterocycles. The first-order chi connectivity index (χ1) is 9.82. The van der Waals surface area contributed by atoms with E-state index in [-0.39, 0.29) is 21.2 Å². The predicted molar refractivity (Wildman–Crippen MR) is 76.4 cm³/mol. The molecule has 2 heterocycles. The molecule has 0 bridgehead atoms. The van der Waals surface area contributed by atoms with Crippen LogP contribution in [-0.4, -0.2) is 47.2 Å². The second kappa shape index (κ2) is 6.16. The minimum Gasteiger partial charge on any atom is -0.301 e. The summed E-state index contributed by atoms with van der Waals surface area (Å²) in [6, 6.07) is -0.642. The van der Waals surface area contributed by atoms with Crippen molar-refractivity contribution >= 4 is 38.2 Å². The number of piperidine rings is 1. The highest BCUT2D eigenvalue weighted by atomic mass is 32.2. The van der Waals surface area contributed by atoms with Crippen LogP contribution in [0.1, 0.15) is 33.1 Å². The average molecular weight is 332 g/mol. The number of Topliss-reactive ketones (excluding diaryl/α,β-unsaturated/α-hetero) is 1. The molecule has 2 rings (SSSR count). The molecule has 1 aliphatic rings. The van der Waals surface area contributed by atoms with E-state index in [1.54, 1.807) is 0 Å². The Labute approximate surface area is 126 Å². The van der Waals surface area contributed by atoms with Gasteiger partial charge in [-0.25, -0.2) is 8.42 Å². The Hall–Kier alpha value is -1.39. The first-order valence-corrected chi connectivity index (χ1v) is 8.71. The van der Waals surface area contributed by atoms with Gasteiger partial charge in [-0.3, -0.25) is 9.59 Å². The van der Waals surface area contributed by atoms with Crippen LogP contribution < -0.4 is 5.32 Å². The van der Waals surface area contributed by atoms with Crippen LogP contribution in [0.4, 0.5) is 5.13 Å². The molecule has 1 saturated heterocycles. The summed E-state index contributed by atoms with van der Waals surface area (Å²) < 4.78 is 26.1. The monoisotopic (exact) mass is 332 g/mol. The zero-order chi connectivity index (χ0) is 15.6. The van der Waals surface area contributed by atoms with Crippen LogP contribution in [0.25, 0.3) is 0 Å². The zero-order valence-electron chi connectivity index (χ0n) is 11.7. The summed E-state index contributed by atoms with van der Waals surface area (Å²) in [7, 11) is -3.87. The van der Waals surface area contributed by atoms with E-state index < -0.39 is 16.1 Å². The van der Waals surface area contributed by atoms with Crippen molar-refractivity contribution in [1.82, 2.24) is 14.5 Å². The maximum atomic E-state index is 12.6. The fraction of sp³-hybridized carbons (Fsp3) is 0.636. The molecule has 1 atom stereocenters. The van der Waals surface area contributed by atoms with E-state index in [1.165, 1.54) is 18.2 Å². The van der Waals surface area contributed by atoms with Crippen LogP contribution in [0.5, 0.6) is 0 Å². The number of hydrogen-bond donors (Lipinski definition) is 1. The van der Waals surface area contributed by atoms with Gasteiger partial charge in [0.15, 0.2) is 0 Å². The SMILES string of the molecule is CC(=O)Nc1nnc(S(=O)(=O)N2CCCCC2C(C)=O)s1. The minimum atomic E-state index is -3.87. The molecule has 0 spiro atoms. The molecule has 21 heavy (non-hydrogen) atoms. The molecule has 0 radical (unpaired) electrons. The molecule has 10 heteroatoms. The van der Waals surface area contributed by atoms with Crippen molar-refractivity contribution in [3.05, 3.63) is 0 Å². The largest absolute Gasteiger partial charge is 0.301 e. The number of aromatic nitrogens is 2. The standard InChI is InChI=1S/C11H16N4O4S2/c1-7(16)9-5-3-4-6-15(9)21(18,19)11-14-13-10(20-11)12-8(2)17/h9H,3-6H2,1-2H3,(H,12,13,17). The lowest BCUT2D eigenvalue weighted by atomic mass is 10.0. The molecule has 116 valence electrons. The van der Waals surface area contributed by atoms with E-state index in [0.717, 1.165) is 17.8 Å². The quantitative estimate of drug-likeness (QED) is 0.810. The van der Waals surface area contributed by atoms with Crippen LogP contribution in [0.3, 0.4) is 0 Å². The highest BCUT2D eigenvalue weighted by Crippen LogP contribution is 2.28. The summed E-state index contributed by atoms with van der Waals surface area (Å²) in [5, 5.41) is 9.77. The number of nitrogens with one attached hydrogen (secondary N) is 1. The molecule has 1 aliphatic heterocycles. The molecule has 0 saturated carbocycles. The maximum Gasteiger partial charge on any atom is 0.273 e. The molecule has 1 N–H and O–H groups in total. The van der Waals surface area contributed by atoms with Crippen LogP contribution >= 0.6 is 11.3 Å². The number of hydrogen-bond acceptors (Lipinski definition) is 7. The summed E-state index contributed by atoms with van der Waals surface area (Å²) >= 11 is 0.780. The molecule has 0 aliphatic carbocycles. The van der Waals surface area contributed by atoms with Crippen LogP contribution in [0.15, 0.2) is 4.34 Å². The number of amides is 1. The fourth-order valence-corrected chi connectivity index (χ4v) is 4.99. The van der Waals surface area contributed by atoms with Crippen molar-refractivity contribution in [3.63, 3.8) is 0 Å². The van der Waals surface area contributed by atoms with E-state index in [2.05, 4.69) is 15.5 Å². The third-order valence-corrected chi connectivity index (χ3v) is 6.23. The maximum absolute atomic E-state index is 12.6. The van der Waals surface area contributed by atoms with Crippen molar-refractivity contribution in [3.8, 4) is 0 Å². The summed E-state index contributed by atoms with van der Waals surface area (Å²) in [4.78, 5) is 22.6. The molecule has 0 aromatic carbocycles. The van der Waals surface area contributed by atoms with E-state index in [4.69, 9.17) is 0 Å². The number of ketones is 1. The average Bonchev–Trinajstić information content (AvgIpc) is 2.87. The summed E-state index contributed by atoms with van der Waals surface area (Å²) in [6.45, 7) is 2.98. The van der Waals surface area contributed by atoms with Gasteiger partial charge >= 0.3 is 0 Å². The number of anilines is 1. The highest BCUT2D eigenvalue weighted by molar-refractivity contribution is 7.91. The highest BCUT2D eigenvalue weighted by Gasteiger charge is 2.38. The third-order valence-electron chi connectivity index (χ3n) is 3.14. The molecule has 1 fully saturated rings. The first-order valence-electron chi connectivity index (χ1n) is 6.46. The van der Waals surface area contributed by atoms with Gasteiger partial charge < -0.3 is 5.32 Å². The van der Waals surface area contributed by atoms with Crippen molar-refractivity contribution in [1.29, 1.82) is 0 Å². The molecular formula is C11H16N4O4S2. The van der Waals surface area contributed by atoms with Crippen LogP contribution in [-0.2, 0) is 19.6 Å². The smallest absolute Gasteiger partial charge is 0.273 e. The van der Waals surface area contributed by atoms with E-state index in [9.17, 15) is 18.0 Å². The number of nitrogens with zero attached hydrogens (tertiary/aromatic N) is 3. The van der Waals surface area contributed by atoms with Crippen LogP contribution in [0.2, 0.25) is 0 Å². The topological polar surface area (TPSA) is 109 Å². The Kier molecular flexibility index (Phi) is 4.69. The molecule has 1 aromatic rings. The molecule has 1 unspecified atom stereocenters. The Morgan fingerprint density at radius 3 is 2.62 bits per heavy atom. The lowest BCUT2D eigenvalue weighted by molar-refractivity contribution is -0.121. The van der Waals surface area contributed by atoms with Crippen molar-refractivity contribution in [2.24, 2.45) is 0 Å². The summed E-state index contributed by atoms with van der Waals surface area (Å²) in [5.41, 5.74) is 0. The normalized spacial score (nSPS) is 20.2. The van der Waals surface area contributed by atoms with Gasteiger partial charge in [0.2, 0.25) is 15.4 Å². The Morgan fingerprint density at radius 1 is 1.29 bits per heavy atom. The van der Waals surface area contributed by atoms with Gasteiger partial charge in [0.05, 0.1) is 6.04 Å². The Balaban J connectivity index is 2.29. The lowest BCUT2D eigenvalue weighted by Crippen LogP contribution is -2.47. The number of sulfonamides is 1. The van der Waals surface area contributed by atoms with Gasteiger partial charge in [0, 0.05) is 13.5 Å².